The molecule has 1 amide bonds. The Bertz CT molecular complexity index is 734. The van der Waals surface area contributed by atoms with Gasteiger partial charge in [0.25, 0.3) is 5.91 Å². The maximum atomic E-state index is 13.1. The minimum atomic E-state index is -0.0604. The lowest BCUT2D eigenvalue weighted by atomic mass is 9.54. The van der Waals surface area contributed by atoms with Crippen LogP contribution in [0.5, 0.6) is 0 Å². The van der Waals surface area contributed by atoms with E-state index in [4.69, 9.17) is 4.74 Å². The summed E-state index contributed by atoms with van der Waals surface area (Å²) in [6.45, 7) is 7.30. The number of nitrogens with zero attached hydrogens (tertiary/aromatic N) is 3. The number of hydrazine groups is 1. The van der Waals surface area contributed by atoms with Crippen LogP contribution in [-0.2, 0) is 4.74 Å². The largest absolute Gasteiger partial charge is 0.379 e. The summed E-state index contributed by atoms with van der Waals surface area (Å²) in [4.78, 5) is 13.1. The van der Waals surface area contributed by atoms with Gasteiger partial charge in [0.2, 0.25) is 0 Å². The van der Waals surface area contributed by atoms with Crippen LogP contribution in [0.1, 0.15) is 67.9 Å². The topological polar surface area (TPSA) is 79.4 Å². The van der Waals surface area contributed by atoms with E-state index in [-0.39, 0.29) is 11.8 Å². The van der Waals surface area contributed by atoms with Gasteiger partial charge in [0.05, 0.1) is 13.2 Å². The number of ether oxygens (including phenoxy) is 1. The predicted molar refractivity (Wildman–Crippen MR) is 110 cm³/mol. The number of morpholine rings is 1. The lowest BCUT2D eigenvalue weighted by Gasteiger charge is -2.54. The Morgan fingerprint density at radius 2 is 1.72 bits per heavy atom. The first-order valence-corrected chi connectivity index (χ1v) is 11.3. The van der Waals surface area contributed by atoms with Crippen molar-refractivity contribution in [3.63, 3.8) is 0 Å². The Labute approximate surface area is 172 Å². The van der Waals surface area contributed by atoms with Crippen LogP contribution in [0.4, 0.5) is 5.82 Å². The maximum absolute atomic E-state index is 13.1. The fourth-order valence-electron chi connectivity index (χ4n) is 6.26. The van der Waals surface area contributed by atoms with Crippen LogP contribution in [-0.4, -0.2) is 53.5 Å². The third kappa shape index (κ3) is 3.87. The van der Waals surface area contributed by atoms with Crippen molar-refractivity contribution in [2.24, 2.45) is 23.7 Å². The second-order valence-corrected chi connectivity index (χ2v) is 9.83. The van der Waals surface area contributed by atoms with E-state index in [0.29, 0.717) is 36.8 Å². The highest BCUT2D eigenvalue weighted by Gasteiger charge is 2.48. The van der Waals surface area contributed by atoms with Gasteiger partial charge in [-0.1, -0.05) is 13.8 Å². The van der Waals surface area contributed by atoms with E-state index < -0.39 is 0 Å². The highest BCUT2D eigenvalue weighted by atomic mass is 16.5. The van der Waals surface area contributed by atoms with Crippen LogP contribution in [0.2, 0.25) is 0 Å². The average molecular weight is 400 g/mol. The number of anilines is 1. The smallest absolute Gasteiger partial charge is 0.272 e. The molecule has 1 aliphatic heterocycles. The molecule has 5 fully saturated rings. The summed E-state index contributed by atoms with van der Waals surface area (Å²) in [5, 5.41) is 14.1. The Balaban J connectivity index is 1.30. The molecule has 1 aromatic rings. The molecule has 0 atom stereocenters. The van der Waals surface area contributed by atoms with E-state index in [1.54, 1.807) is 0 Å². The van der Waals surface area contributed by atoms with Gasteiger partial charge in [-0.05, 0) is 67.8 Å². The zero-order valence-corrected chi connectivity index (χ0v) is 17.6. The lowest BCUT2D eigenvalue weighted by molar-refractivity contribution is -0.0120. The van der Waals surface area contributed by atoms with Crippen molar-refractivity contribution in [2.45, 2.75) is 57.9 Å². The highest BCUT2D eigenvalue weighted by molar-refractivity contribution is 5.92. The second-order valence-electron chi connectivity index (χ2n) is 9.83. The molecule has 29 heavy (non-hydrogen) atoms. The van der Waals surface area contributed by atoms with E-state index in [0.717, 1.165) is 36.3 Å². The fraction of sp³-hybridized carbons (Fsp3) is 0.773. The van der Waals surface area contributed by atoms with Crippen LogP contribution in [0.3, 0.4) is 0 Å². The van der Waals surface area contributed by atoms with Crippen LogP contribution in [0.25, 0.3) is 0 Å². The number of amides is 1. The molecule has 0 spiro atoms. The monoisotopic (exact) mass is 399 g/mol. The first-order chi connectivity index (χ1) is 14.1. The van der Waals surface area contributed by atoms with Crippen molar-refractivity contribution < 1.29 is 9.53 Å². The summed E-state index contributed by atoms with van der Waals surface area (Å²) in [6.07, 6.45) is 6.60. The number of nitrogens with one attached hydrogen (secondary N) is 2. The number of rotatable bonds is 5. The molecule has 4 aliphatic carbocycles. The third-order valence-corrected chi connectivity index (χ3v) is 7.48. The van der Waals surface area contributed by atoms with Crippen molar-refractivity contribution in [1.29, 1.82) is 0 Å². The Hall–Kier alpha value is -1.73. The molecule has 1 saturated heterocycles. The Morgan fingerprint density at radius 3 is 2.34 bits per heavy atom. The summed E-state index contributed by atoms with van der Waals surface area (Å²) < 4.78 is 5.41. The third-order valence-electron chi connectivity index (χ3n) is 7.48. The summed E-state index contributed by atoms with van der Waals surface area (Å²) in [6, 6.07) is 2.25. The number of hydrogen-bond acceptors (Lipinski definition) is 6. The summed E-state index contributed by atoms with van der Waals surface area (Å²) >= 11 is 0. The van der Waals surface area contributed by atoms with Gasteiger partial charge in [-0.3, -0.25) is 4.79 Å². The van der Waals surface area contributed by atoms with Gasteiger partial charge < -0.3 is 15.5 Å². The first-order valence-electron chi connectivity index (χ1n) is 11.3. The average Bonchev–Trinajstić information content (AvgIpc) is 2.71. The van der Waals surface area contributed by atoms with Crippen LogP contribution < -0.4 is 10.7 Å². The van der Waals surface area contributed by atoms with Crippen molar-refractivity contribution in [1.82, 2.24) is 20.5 Å². The molecule has 4 saturated carbocycles. The van der Waals surface area contributed by atoms with Gasteiger partial charge in [0.15, 0.2) is 11.5 Å². The molecule has 7 nitrogen and oxygen atoms in total. The van der Waals surface area contributed by atoms with Gasteiger partial charge in [0.1, 0.15) is 0 Å². The molecule has 7 heteroatoms. The van der Waals surface area contributed by atoms with Crippen molar-refractivity contribution >= 4 is 11.7 Å². The minimum absolute atomic E-state index is 0.0604. The van der Waals surface area contributed by atoms with Crippen LogP contribution in [0.15, 0.2) is 6.07 Å². The molecule has 158 valence electrons. The Kier molecular flexibility index (Phi) is 5.20. The molecule has 0 radical (unpaired) electrons. The predicted octanol–water partition coefficient (Wildman–Crippen LogP) is 2.81. The van der Waals surface area contributed by atoms with Crippen LogP contribution in [0, 0.1) is 23.7 Å². The molecule has 2 N–H and O–H groups in total. The summed E-state index contributed by atoms with van der Waals surface area (Å²) in [5.41, 5.74) is 4.84. The van der Waals surface area contributed by atoms with E-state index in [9.17, 15) is 4.79 Å². The normalized spacial score (nSPS) is 33.8. The standard InChI is InChI=1S/C22H33N5O2/c1-13(2)18-12-19(24-25-21(18)26-27-3-5-29-6-4-27)22(28)23-20-16-8-14-7-15(10-16)11-17(20)9-14/h12-17,20H,3-11H2,1-2H3,(H,23,28)(H,25,26). The quantitative estimate of drug-likeness (QED) is 0.793. The maximum Gasteiger partial charge on any atom is 0.272 e. The van der Waals surface area contributed by atoms with E-state index in [1.165, 1.54) is 32.1 Å². The molecule has 0 unspecified atom stereocenters. The van der Waals surface area contributed by atoms with Crippen molar-refractivity contribution in [3.05, 3.63) is 17.3 Å². The lowest BCUT2D eigenvalue weighted by Crippen LogP contribution is -2.55. The second kappa shape index (κ2) is 7.84. The van der Waals surface area contributed by atoms with Crippen LogP contribution >= 0.6 is 0 Å². The summed E-state index contributed by atoms with van der Waals surface area (Å²) in [7, 11) is 0. The number of carbonyl (C=O) groups excluding carboxylic acids is 1. The van der Waals surface area contributed by atoms with Gasteiger partial charge in [0, 0.05) is 24.7 Å². The number of aromatic nitrogens is 2. The summed E-state index contributed by atoms with van der Waals surface area (Å²) in [5.74, 6) is 4.07. The molecule has 6 rings (SSSR count). The van der Waals surface area contributed by atoms with Gasteiger partial charge in [-0.25, -0.2) is 5.01 Å². The zero-order valence-electron chi connectivity index (χ0n) is 17.6. The molecular formula is C22H33N5O2. The number of carbonyl (C=O) groups is 1. The van der Waals surface area contributed by atoms with Gasteiger partial charge in [-0.2, -0.15) is 0 Å². The molecular weight excluding hydrogens is 366 g/mol. The molecule has 5 aliphatic rings. The SMILES string of the molecule is CC(C)c1cc(C(=O)NC2C3CC4CC(C3)CC2C4)nnc1NN1CCOCC1. The highest BCUT2D eigenvalue weighted by Crippen LogP contribution is 2.53. The zero-order chi connectivity index (χ0) is 20.0. The number of hydrogen-bond donors (Lipinski definition) is 2. The molecule has 0 aromatic carbocycles. The first kappa shape index (κ1) is 19.2. The molecule has 1 aromatic heterocycles. The van der Waals surface area contributed by atoms with Crippen molar-refractivity contribution in [3.8, 4) is 0 Å². The minimum Gasteiger partial charge on any atom is -0.379 e. The van der Waals surface area contributed by atoms with E-state index in [2.05, 4.69) is 39.8 Å². The van der Waals surface area contributed by atoms with E-state index in [1.807, 2.05) is 6.07 Å². The van der Waals surface area contributed by atoms with Gasteiger partial charge >= 0.3 is 0 Å². The van der Waals surface area contributed by atoms with Gasteiger partial charge in [-0.15, -0.1) is 10.2 Å². The van der Waals surface area contributed by atoms with E-state index >= 15 is 0 Å². The molecule has 2 heterocycles. The Morgan fingerprint density at radius 1 is 1.07 bits per heavy atom. The fourth-order valence-corrected chi connectivity index (χ4v) is 6.26. The van der Waals surface area contributed by atoms with Crippen molar-refractivity contribution in [2.75, 3.05) is 31.7 Å². The molecule has 4 bridgehead atoms.